The van der Waals surface area contributed by atoms with E-state index in [0.29, 0.717) is 5.69 Å². The van der Waals surface area contributed by atoms with Gasteiger partial charge in [-0.1, -0.05) is 42.5 Å². The van der Waals surface area contributed by atoms with E-state index in [4.69, 9.17) is 15.2 Å². The maximum atomic E-state index is 13.5. The lowest BCUT2D eigenvalue weighted by atomic mass is 10.0. The largest absolute Gasteiger partial charge is 0.444 e. The van der Waals surface area contributed by atoms with E-state index < -0.39 is 53.8 Å². The molecule has 2 aromatic rings. The van der Waals surface area contributed by atoms with Gasteiger partial charge in [0.25, 0.3) is 0 Å². The summed E-state index contributed by atoms with van der Waals surface area (Å²) in [7, 11) is 0. The molecule has 2 atom stereocenters. The fourth-order valence-electron chi connectivity index (χ4n) is 4.40. The molecule has 0 radical (unpaired) electrons. The third-order valence-electron chi connectivity index (χ3n) is 6.08. The minimum Gasteiger partial charge on any atom is -0.444 e. The molecule has 2 aromatic carbocycles. The number of nitrogens with zero attached hydrogens (tertiary/aromatic N) is 2. The van der Waals surface area contributed by atoms with Gasteiger partial charge in [-0.25, -0.2) is 14.5 Å². The lowest BCUT2D eigenvalue weighted by Gasteiger charge is -2.30. The fourth-order valence-corrected chi connectivity index (χ4v) is 4.40. The molecule has 1 heterocycles. The van der Waals surface area contributed by atoms with Crippen LogP contribution in [0.25, 0.3) is 0 Å². The first-order valence-electron chi connectivity index (χ1n) is 13.4. The van der Waals surface area contributed by atoms with E-state index in [1.165, 1.54) is 10.5 Å². The van der Waals surface area contributed by atoms with Gasteiger partial charge in [-0.2, -0.15) is 0 Å². The smallest absolute Gasteiger partial charge is 0.417 e. The highest BCUT2D eigenvalue weighted by Crippen LogP contribution is 2.28. The Hall–Kier alpha value is -3.92. The molecule has 0 spiro atoms. The first-order valence-corrected chi connectivity index (χ1v) is 13.4. The topological polar surface area (TPSA) is 131 Å². The number of hydrogen-bond acceptors (Lipinski definition) is 7. The molecule has 0 saturated carbocycles. The van der Waals surface area contributed by atoms with Crippen LogP contribution < -0.4 is 11.1 Å². The van der Waals surface area contributed by atoms with Gasteiger partial charge in [0.1, 0.15) is 17.2 Å². The molecule has 216 valence electrons. The molecule has 0 aromatic heterocycles. The summed E-state index contributed by atoms with van der Waals surface area (Å²) in [5, 5.41) is 2.86. The highest BCUT2D eigenvalue weighted by Gasteiger charge is 2.47. The maximum Gasteiger partial charge on any atom is 0.417 e. The SMILES string of the molecule is CC(C)(C)OC(=O)N1C[C@H](N(C(=O)CN)C(=O)OC(C)(C)C)C[C@H]1C(=O)Nc1ccc(Cc2ccccc2)cc1. The minimum atomic E-state index is -1.00. The summed E-state index contributed by atoms with van der Waals surface area (Å²) in [4.78, 5) is 54.5. The number of likely N-dealkylation sites (tertiary alicyclic amines) is 1. The Kier molecular flexibility index (Phi) is 9.57. The number of hydrogen-bond donors (Lipinski definition) is 2. The number of carbonyl (C=O) groups is 4. The van der Waals surface area contributed by atoms with Crippen molar-refractivity contribution in [3.05, 3.63) is 65.7 Å². The Balaban J connectivity index is 1.81. The number of nitrogens with one attached hydrogen (secondary N) is 1. The van der Waals surface area contributed by atoms with Crippen LogP contribution in [-0.4, -0.2) is 70.2 Å². The van der Waals surface area contributed by atoms with E-state index in [1.807, 2.05) is 42.5 Å². The van der Waals surface area contributed by atoms with Crippen LogP contribution in [0.5, 0.6) is 0 Å². The van der Waals surface area contributed by atoms with Gasteiger partial charge in [0.2, 0.25) is 11.8 Å². The Labute approximate surface area is 235 Å². The average molecular weight is 553 g/mol. The number of ether oxygens (including phenoxy) is 2. The van der Waals surface area contributed by atoms with Gasteiger partial charge in [-0.3, -0.25) is 14.5 Å². The van der Waals surface area contributed by atoms with Crippen molar-refractivity contribution >= 4 is 29.7 Å². The number of nitrogens with two attached hydrogens (primary N) is 1. The fraction of sp³-hybridized carbons (Fsp3) is 0.467. The molecule has 10 heteroatoms. The predicted octanol–water partition coefficient (Wildman–Crippen LogP) is 4.32. The van der Waals surface area contributed by atoms with Crippen LogP contribution in [0.15, 0.2) is 54.6 Å². The zero-order chi connectivity index (χ0) is 29.7. The molecule has 40 heavy (non-hydrogen) atoms. The molecule has 4 amide bonds. The maximum absolute atomic E-state index is 13.5. The van der Waals surface area contributed by atoms with Crippen molar-refractivity contribution in [2.45, 2.75) is 77.7 Å². The van der Waals surface area contributed by atoms with Gasteiger partial charge in [0.15, 0.2) is 0 Å². The van der Waals surface area contributed by atoms with E-state index in [9.17, 15) is 19.2 Å². The van der Waals surface area contributed by atoms with Crippen molar-refractivity contribution in [1.82, 2.24) is 9.80 Å². The lowest BCUT2D eigenvalue weighted by molar-refractivity contribution is -0.131. The number of benzene rings is 2. The van der Waals surface area contributed by atoms with Gasteiger partial charge < -0.3 is 20.5 Å². The second-order valence-electron chi connectivity index (χ2n) is 11.8. The van der Waals surface area contributed by atoms with Crippen molar-refractivity contribution in [3.63, 3.8) is 0 Å². The van der Waals surface area contributed by atoms with Crippen molar-refractivity contribution in [2.24, 2.45) is 5.73 Å². The van der Waals surface area contributed by atoms with Gasteiger partial charge in [0, 0.05) is 12.2 Å². The van der Waals surface area contributed by atoms with E-state index in [1.54, 1.807) is 53.7 Å². The highest BCUT2D eigenvalue weighted by molar-refractivity contribution is 5.98. The average Bonchev–Trinajstić information content (AvgIpc) is 3.29. The van der Waals surface area contributed by atoms with Crippen LogP contribution in [0.3, 0.4) is 0 Å². The van der Waals surface area contributed by atoms with Gasteiger partial charge in [0.05, 0.1) is 12.6 Å². The summed E-state index contributed by atoms with van der Waals surface area (Å²) < 4.78 is 11.0. The summed E-state index contributed by atoms with van der Waals surface area (Å²) in [6, 6.07) is 15.7. The Morgan fingerprint density at radius 2 is 1.48 bits per heavy atom. The zero-order valence-electron chi connectivity index (χ0n) is 24.1. The second-order valence-corrected chi connectivity index (χ2v) is 11.8. The van der Waals surface area contributed by atoms with Crippen molar-refractivity contribution in [2.75, 3.05) is 18.4 Å². The summed E-state index contributed by atoms with van der Waals surface area (Å²) >= 11 is 0. The van der Waals surface area contributed by atoms with E-state index >= 15 is 0 Å². The molecule has 0 aliphatic carbocycles. The Bertz CT molecular complexity index is 1200. The summed E-state index contributed by atoms with van der Waals surface area (Å²) in [6.07, 6.45) is -0.853. The molecule has 0 bridgehead atoms. The third-order valence-corrected chi connectivity index (χ3v) is 6.08. The van der Waals surface area contributed by atoms with E-state index in [2.05, 4.69) is 5.32 Å². The first kappa shape index (κ1) is 30.6. The third kappa shape index (κ3) is 8.54. The van der Waals surface area contributed by atoms with Crippen molar-refractivity contribution in [1.29, 1.82) is 0 Å². The molecule has 1 aliphatic heterocycles. The monoisotopic (exact) mass is 552 g/mol. The van der Waals surface area contributed by atoms with Crippen molar-refractivity contribution < 1.29 is 28.7 Å². The molecular formula is C30H40N4O6. The van der Waals surface area contributed by atoms with Crippen LogP contribution >= 0.6 is 0 Å². The standard InChI is InChI=1S/C30H40N4O6/c1-29(2,3)39-27(37)33-19-23(34(25(35)18-31)28(38)40-30(4,5)6)17-24(33)26(36)32-22-14-12-21(13-15-22)16-20-10-8-7-9-11-20/h7-15,23-24H,16-19,31H2,1-6H3,(H,32,36)/t23-,24+/m1/s1. The second kappa shape index (κ2) is 12.5. The van der Waals surface area contributed by atoms with Crippen LogP contribution in [0.2, 0.25) is 0 Å². The predicted molar refractivity (Wildman–Crippen MR) is 152 cm³/mol. The normalized spacial score (nSPS) is 17.2. The number of rotatable bonds is 6. The van der Waals surface area contributed by atoms with Gasteiger partial charge >= 0.3 is 12.2 Å². The summed E-state index contributed by atoms with van der Waals surface area (Å²) in [5.74, 6) is -1.13. The summed E-state index contributed by atoms with van der Waals surface area (Å²) in [6.45, 7) is 9.65. The van der Waals surface area contributed by atoms with Crippen LogP contribution in [0.4, 0.5) is 15.3 Å². The highest BCUT2D eigenvalue weighted by atomic mass is 16.6. The Morgan fingerprint density at radius 3 is 2.02 bits per heavy atom. The minimum absolute atomic E-state index is 0.00213. The van der Waals surface area contributed by atoms with Crippen LogP contribution in [0.1, 0.15) is 59.1 Å². The summed E-state index contributed by atoms with van der Waals surface area (Å²) in [5.41, 5.74) is 6.71. The molecule has 1 fully saturated rings. The quantitative estimate of drug-likeness (QED) is 0.546. The molecule has 3 rings (SSSR count). The Morgan fingerprint density at radius 1 is 0.900 bits per heavy atom. The van der Waals surface area contributed by atoms with Gasteiger partial charge in [-0.15, -0.1) is 0 Å². The molecule has 0 unspecified atom stereocenters. The number of anilines is 1. The van der Waals surface area contributed by atoms with Crippen molar-refractivity contribution in [3.8, 4) is 0 Å². The van der Waals surface area contributed by atoms with Crippen LogP contribution in [0, 0.1) is 0 Å². The zero-order valence-corrected chi connectivity index (χ0v) is 24.1. The number of amides is 4. The first-order chi connectivity index (χ1) is 18.7. The molecular weight excluding hydrogens is 512 g/mol. The lowest BCUT2D eigenvalue weighted by Crippen LogP contribution is -2.50. The van der Waals surface area contributed by atoms with E-state index in [-0.39, 0.29) is 13.0 Å². The molecule has 10 nitrogen and oxygen atoms in total. The molecule has 1 aliphatic rings. The molecule has 1 saturated heterocycles. The molecule has 3 N–H and O–H groups in total. The van der Waals surface area contributed by atoms with Gasteiger partial charge in [-0.05, 0) is 77.6 Å². The van der Waals surface area contributed by atoms with E-state index in [0.717, 1.165) is 16.9 Å². The number of imide groups is 1. The number of carbonyl (C=O) groups excluding carboxylic acids is 4. The van der Waals surface area contributed by atoms with Crippen LogP contribution in [-0.2, 0) is 25.5 Å².